The van der Waals surface area contributed by atoms with E-state index in [1.807, 2.05) is 87.5 Å². The van der Waals surface area contributed by atoms with Gasteiger partial charge in [-0.15, -0.1) is 0 Å². The number of alkyl carbamates (subject to hydrolysis) is 1. The van der Waals surface area contributed by atoms with Gasteiger partial charge in [-0.1, -0.05) is 112 Å². The Kier molecular flexibility index (Phi) is 8.77. The predicted octanol–water partition coefficient (Wildman–Crippen LogP) is 5.19. The average Bonchev–Trinajstić information content (AvgIpc) is 2.83. The molecule has 192 valence electrons. The Morgan fingerprint density at radius 2 is 1.25 bits per heavy atom. The molecule has 0 spiro atoms. The number of hydrogen-bond donors (Lipinski definition) is 2. The molecule has 2 N–H and O–H groups in total. The first-order valence-electron chi connectivity index (χ1n) is 12.4. The van der Waals surface area contributed by atoms with Crippen LogP contribution in [-0.4, -0.2) is 37.8 Å². The van der Waals surface area contributed by atoms with Crippen LogP contribution in [0.3, 0.4) is 0 Å². The highest BCUT2D eigenvalue weighted by Gasteiger charge is 2.50. The Morgan fingerprint density at radius 3 is 1.67 bits per heavy atom. The SMILES string of the molecule is CC(C)(C)OC(=O)N[C@@H](CO[Si](c1ccccc1)(c1ccccc1)C(C)(C)C)[C@H](O)c1ccccc1. The Morgan fingerprint density at radius 1 is 0.806 bits per heavy atom. The lowest BCUT2D eigenvalue weighted by Gasteiger charge is -2.44. The summed E-state index contributed by atoms with van der Waals surface area (Å²) in [5.41, 5.74) is 0.0372. The molecule has 0 aliphatic heterocycles. The molecule has 6 heteroatoms. The minimum Gasteiger partial charge on any atom is -0.444 e. The molecule has 0 radical (unpaired) electrons. The summed E-state index contributed by atoms with van der Waals surface area (Å²) in [6.07, 6.45) is -1.56. The predicted molar refractivity (Wildman–Crippen MR) is 148 cm³/mol. The summed E-state index contributed by atoms with van der Waals surface area (Å²) in [4.78, 5) is 12.8. The van der Waals surface area contributed by atoms with Gasteiger partial charge in [-0.05, 0) is 41.7 Å². The van der Waals surface area contributed by atoms with Crippen molar-refractivity contribution in [1.29, 1.82) is 0 Å². The standard InChI is InChI=1S/C30H39NO4Si/c1-29(2,3)35-28(33)31-26(27(32)23-16-10-7-11-17-23)22-34-36(30(4,5)6,24-18-12-8-13-19-24)25-20-14-9-15-21-25/h7-21,26-27,32H,22H2,1-6H3,(H,31,33)/t26-,27+/m0/s1. The third-order valence-electron chi connectivity index (χ3n) is 6.12. The molecule has 5 nitrogen and oxygen atoms in total. The number of benzene rings is 3. The van der Waals surface area contributed by atoms with E-state index in [4.69, 9.17) is 9.16 Å². The summed E-state index contributed by atoms with van der Waals surface area (Å²) in [5.74, 6) is 0. The first-order chi connectivity index (χ1) is 16.9. The number of carbonyl (C=O) groups excluding carboxylic acids is 1. The fraction of sp³-hybridized carbons (Fsp3) is 0.367. The number of rotatable bonds is 8. The molecule has 0 bridgehead atoms. The summed E-state index contributed by atoms with van der Waals surface area (Å²) in [7, 11) is -2.86. The summed E-state index contributed by atoms with van der Waals surface area (Å²) >= 11 is 0. The highest BCUT2D eigenvalue weighted by molar-refractivity contribution is 6.99. The van der Waals surface area contributed by atoms with Crippen LogP contribution in [-0.2, 0) is 9.16 Å². The minimum absolute atomic E-state index is 0.114. The Bertz CT molecular complexity index is 1050. The van der Waals surface area contributed by atoms with Gasteiger partial charge in [-0.3, -0.25) is 0 Å². The van der Waals surface area contributed by atoms with Gasteiger partial charge in [-0.2, -0.15) is 0 Å². The lowest BCUT2D eigenvalue weighted by molar-refractivity contribution is 0.0361. The molecule has 0 aliphatic carbocycles. The van der Waals surface area contributed by atoms with Crippen LogP contribution >= 0.6 is 0 Å². The maximum atomic E-state index is 12.8. The zero-order valence-corrected chi connectivity index (χ0v) is 23.2. The number of carbonyl (C=O) groups is 1. The molecule has 36 heavy (non-hydrogen) atoms. The van der Waals surface area contributed by atoms with Crippen molar-refractivity contribution in [2.24, 2.45) is 0 Å². The minimum atomic E-state index is -2.86. The molecule has 0 saturated carbocycles. The van der Waals surface area contributed by atoms with Crippen molar-refractivity contribution in [3.63, 3.8) is 0 Å². The van der Waals surface area contributed by atoms with E-state index in [1.54, 1.807) is 0 Å². The van der Waals surface area contributed by atoms with Crippen molar-refractivity contribution in [2.45, 2.75) is 64.3 Å². The largest absolute Gasteiger partial charge is 0.444 e. The van der Waals surface area contributed by atoms with Crippen molar-refractivity contribution < 1.29 is 19.1 Å². The molecule has 0 saturated heterocycles. The van der Waals surface area contributed by atoms with E-state index < -0.39 is 32.2 Å². The van der Waals surface area contributed by atoms with E-state index >= 15 is 0 Å². The number of nitrogens with one attached hydrogen (secondary N) is 1. The van der Waals surface area contributed by atoms with Crippen molar-refractivity contribution >= 4 is 24.8 Å². The maximum Gasteiger partial charge on any atom is 0.408 e. The topological polar surface area (TPSA) is 67.8 Å². The van der Waals surface area contributed by atoms with Gasteiger partial charge >= 0.3 is 6.09 Å². The molecular formula is C30H39NO4Si. The summed E-state index contributed by atoms with van der Waals surface area (Å²) in [6, 6.07) is 29.2. The van der Waals surface area contributed by atoms with E-state index in [9.17, 15) is 9.90 Å². The van der Waals surface area contributed by atoms with Gasteiger partial charge in [0, 0.05) is 0 Å². The highest BCUT2D eigenvalue weighted by atomic mass is 28.4. The Labute approximate surface area is 216 Å². The molecule has 0 unspecified atom stereocenters. The molecule has 2 atom stereocenters. The van der Waals surface area contributed by atoms with Crippen LogP contribution in [0.1, 0.15) is 53.2 Å². The summed E-state index contributed by atoms with van der Waals surface area (Å²) in [5, 5.41) is 16.3. The zero-order chi connectivity index (χ0) is 26.4. The second-order valence-electron chi connectivity index (χ2n) is 11.1. The molecule has 3 rings (SSSR count). The lowest BCUT2D eigenvalue weighted by Crippen LogP contribution is -2.67. The quantitative estimate of drug-likeness (QED) is 0.414. The van der Waals surface area contributed by atoms with Gasteiger partial charge in [0.2, 0.25) is 0 Å². The summed E-state index contributed by atoms with van der Waals surface area (Å²) in [6.45, 7) is 12.1. The molecule has 0 aromatic heterocycles. The van der Waals surface area contributed by atoms with E-state index in [1.165, 1.54) is 0 Å². The number of hydrogen-bond acceptors (Lipinski definition) is 4. The van der Waals surface area contributed by atoms with Crippen LogP contribution in [0.15, 0.2) is 91.0 Å². The van der Waals surface area contributed by atoms with E-state index in [-0.39, 0.29) is 11.6 Å². The second kappa shape index (κ2) is 11.4. The van der Waals surface area contributed by atoms with Crippen LogP contribution in [0.4, 0.5) is 4.79 Å². The van der Waals surface area contributed by atoms with Crippen LogP contribution < -0.4 is 15.7 Å². The number of amides is 1. The smallest absolute Gasteiger partial charge is 0.408 e. The van der Waals surface area contributed by atoms with Crippen LogP contribution in [0.2, 0.25) is 5.04 Å². The first-order valence-corrected chi connectivity index (χ1v) is 14.3. The lowest BCUT2D eigenvalue weighted by atomic mass is 10.0. The van der Waals surface area contributed by atoms with Crippen molar-refractivity contribution in [1.82, 2.24) is 5.32 Å². The third-order valence-corrected chi connectivity index (χ3v) is 11.1. The van der Waals surface area contributed by atoms with Crippen LogP contribution in [0, 0.1) is 0 Å². The molecule has 1 amide bonds. The Hall–Kier alpha value is -2.93. The zero-order valence-electron chi connectivity index (χ0n) is 22.2. The average molecular weight is 506 g/mol. The number of aliphatic hydroxyl groups is 1. The van der Waals surface area contributed by atoms with Crippen LogP contribution in [0.25, 0.3) is 0 Å². The van der Waals surface area contributed by atoms with E-state index in [2.05, 4.69) is 50.4 Å². The van der Waals surface area contributed by atoms with Crippen molar-refractivity contribution in [3.05, 3.63) is 96.6 Å². The van der Waals surface area contributed by atoms with Gasteiger partial charge in [-0.25, -0.2) is 4.79 Å². The molecule has 0 fully saturated rings. The van der Waals surface area contributed by atoms with E-state index in [0.717, 1.165) is 10.4 Å². The van der Waals surface area contributed by atoms with E-state index in [0.29, 0.717) is 5.56 Å². The molecule has 3 aromatic rings. The molecule has 0 heterocycles. The maximum absolute atomic E-state index is 12.8. The van der Waals surface area contributed by atoms with Crippen molar-refractivity contribution in [3.8, 4) is 0 Å². The van der Waals surface area contributed by atoms with Crippen molar-refractivity contribution in [2.75, 3.05) is 6.61 Å². The normalized spacial score (nSPS) is 14.1. The van der Waals surface area contributed by atoms with Gasteiger partial charge in [0.05, 0.1) is 12.6 Å². The van der Waals surface area contributed by atoms with Gasteiger partial charge in [0.1, 0.15) is 11.7 Å². The first kappa shape index (κ1) is 27.7. The molecular weight excluding hydrogens is 466 g/mol. The molecule has 0 aliphatic rings. The number of ether oxygens (including phenoxy) is 1. The Balaban J connectivity index is 2.03. The fourth-order valence-corrected chi connectivity index (χ4v) is 9.11. The fourth-order valence-electron chi connectivity index (χ4n) is 4.53. The van der Waals surface area contributed by atoms with Crippen LogP contribution in [0.5, 0.6) is 0 Å². The van der Waals surface area contributed by atoms with Gasteiger partial charge < -0.3 is 19.6 Å². The third kappa shape index (κ3) is 6.63. The summed E-state index contributed by atoms with van der Waals surface area (Å²) < 4.78 is 12.5. The number of aliphatic hydroxyl groups excluding tert-OH is 1. The van der Waals surface area contributed by atoms with Gasteiger partial charge in [0.25, 0.3) is 8.32 Å². The molecule has 3 aromatic carbocycles. The van der Waals surface area contributed by atoms with Gasteiger partial charge in [0.15, 0.2) is 0 Å². The monoisotopic (exact) mass is 505 g/mol. The second-order valence-corrected chi connectivity index (χ2v) is 15.4. The highest BCUT2D eigenvalue weighted by Crippen LogP contribution is 2.37.